The van der Waals surface area contributed by atoms with Crippen LogP contribution in [0.25, 0.3) is 21.6 Å². The molecule has 0 aliphatic heterocycles. The number of nitro groups is 3. The van der Waals surface area contributed by atoms with Gasteiger partial charge in [-0.05, 0) is 0 Å². The average molecular weight is 525 g/mol. The Kier molecular flexibility index (Phi) is 5.09. The molecular weight excluding hydrogens is 513 g/mol. The fourth-order valence-electron chi connectivity index (χ4n) is 4.08. The first kappa shape index (κ1) is 21.1. The Morgan fingerprint density at radius 2 is 1.48 bits per heavy atom. The van der Waals surface area contributed by atoms with Crippen LogP contribution in [-0.2, 0) is 0 Å². The zero-order chi connectivity index (χ0) is 23.3. The number of nitro benzene ring substituents is 3. The van der Waals surface area contributed by atoms with Crippen LogP contribution in [0.3, 0.4) is 0 Å². The summed E-state index contributed by atoms with van der Waals surface area (Å²) in [4.78, 5) is 36.2. The summed E-state index contributed by atoms with van der Waals surface area (Å²) in [5, 5.41) is 34.8. The zero-order valence-corrected chi connectivity index (χ0v) is 19.1. The van der Waals surface area contributed by atoms with E-state index in [-0.39, 0.29) is 37.1 Å². The van der Waals surface area contributed by atoms with E-state index in [2.05, 4.69) is 4.94 Å². The summed E-state index contributed by atoms with van der Waals surface area (Å²) in [5.74, 6) is -0.518. The Morgan fingerprint density at radius 3 is 2.15 bits per heavy atom. The van der Waals surface area contributed by atoms with E-state index in [1.54, 1.807) is 0 Å². The summed E-state index contributed by atoms with van der Waals surface area (Å²) in [5.41, 5.74) is 1.95. The summed E-state index contributed by atoms with van der Waals surface area (Å²) in [6.45, 7) is 0. The van der Waals surface area contributed by atoms with Gasteiger partial charge in [-0.3, -0.25) is 0 Å². The Morgan fingerprint density at radius 1 is 0.788 bits per heavy atom. The molecule has 1 aromatic heterocycles. The molecule has 11 heteroatoms. The van der Waals surface area contributed by atoms with Crippen LogP contribution in [0.2, 0.25) is 0 Å². The predicted molar refractivity (Wildman–Crippen MR) is 124 cm³/mol. The molecular formula is C22H12N3O6SSe+. The van der Waals surface area contributed by atoms with Crippen LogP contribution in [0, 0.1) is 30.3 Å². The molecule has 0 amide bonds. The first-order chi connectivity index (χ1) is 15.8. The van der Waals surface area contributed by atoms with Crippen molar-refractivity contribution in [3.8, 4) is 21.6 Å². The zero-order valence-electron chi connectivity index (χ0n) is 16.5. The van der Waals surface area contributed by atoms with Gasteiger partial charge >= 0.3 is 196 Å². The molecule has 5 rings (SSSR count). The van der Waals surface area contributed by atoms with E-state index in [0.717, 1.165) is 20.3 Å². The standard InChI is InChI=1S/C22H12N3O6SSe/c26-23(27)13-6-7-15-16(8-13)21(22-32-19(11-33-22)12-4-2-1-3-5-12)17-9-14(24(28)29)10-18(20(15)17)25(30)31/h1-11,21H/q+1. The molecule has 0 radical (unpaired) electrons. The fourth-order valence-corrected chi connectivity index (χ4v) is 8.26. The van der Waals surface area contributed by atoms with E-state index in [9.17, 15) is 30.3 Å². The molecule has 1 aliphatic rings. The van der Waals surface area contributed by atoms with Crippen molar-refractivity contribution in [2.75, 3.05) is 0 Å². The van der Waals surface area contributed by atoms with Gasteiger partial charge in [-0.2, -0.15) is 0 Å². The molecule has 33 heavy (non-hydrogen) atoms. The predicted octanol–water partition coefficient (Wildman–Crippen LogP) is 5.64. The summed E-state index contributed by atoms with van der Waals surface area (Å²) >= 11 is 1.41. The van der Waals surface area contributed by atoms with Crippen LogP contribution in [0.5, 0.6) is 0 Å². The van der Waals surface area contributed by atoms with Crippen LogP contribution < -0.4 is 0 Å². The second-order valence-corrected chi connectivity index (χ2v) is 10.9. The average Bonchev–Trinajstić information content (AvgIpc) is 3.40. The van der Waals surface area contributed by atoms with Gasteiger partial charge in [0.1, 0.15) is 0 Å². The number of rotatable bonds is 5. The van der Waals surface area contributed by atoms with Gasteiger partial charge in [0.15, 0.2) is 0 Å². The molecule has 1 aliphatic carbocycles. The molecule has 1 unspecified atom stereocenters. The van der Waals surface area contributed by atoms with E-state index in [1.165, 1.54) is 35.6 Å². The van der Waals surface area contributed by atoms with E-state index in [4.69, 9.17) is 0 Å². The summed E-state index contributed by atoms with van der Waals surface area (Å²) in [6.07, 6.45) is 0. The van der Waals surface area contributed by atoms with E-state index in [0.29, 0.717) is 16.7 Å². The normalized spacial score (nSPS) is 13.9. The van der Waals surface area contributed by atoms with E-state index < -0.39 is 20.7 Å². The van der Waals surface area contributed by atoms with Crippen molar-refractivity contribution >= 4 is 42.9 Å². The minimum absolute atomic E-state index is 0.122. The molecule has 0 saturated heterocycles. The van der Waals surface area contributed by atoms with Crippen LogP contribution in [0.4, 0.5) is 17.1 Å². The van der Waals surface area contributed by atoms with Crippen molar-refractivity contribution in [2.24, 2.45) is 0 Å². The van der Waals surface area contributed by atoms with Gasteiger partial charge in [0.05, 0.1) is 0 Å². The van der Waals surface area contributed by atoms with Crippen molar-refractivity contribution < 1.29 is 14.8 Å². The number of hydrogen-bond donors (Lipinski definition) is 0. The Balaban J connectivity index is 1.78. The maximum atomic E-state index is 11.8. The molecule has 4 aromatic rings. The number of nitrogens with zero attached hydrogens (tertiary/aromatic N) is 3. The number of benzene rings is 3. The van der Waals surface area contributed by atoms with Crippen molar-refractivity contribution in [1.29, 1.82) is 0 Å². The second kappa shape index (κ2) is 7.96. The molecule has 0 fully saturated rings. The minimum atomic E-state index is -0.652. The third-order valence-corrected chi connectivity index (χ3v) is 9.56. The molecule has 162 valence electrons. The number of non-ortho nitro benzene ring substituents is 2. The van der Waals surface area contributed by atoms with Gasteiger partial charge in [0, 0.05) is 0 Å². The van der Waals surface area contributed by atoms with Crippen molar-refractivity contribution in [3.63, 3.8) is 0 Å². The SMILES string of the molecule is O=[N+]([O-])c1ccc2c(c1)C(c1[s+]c(-c3ccccc3)c[se]1)c1cc([N+](=O)[O-])cc([N+](=O)[O-])c1-2. The van der Waals surface area contributed by atoms with Gasteiger partial charge in [0.25, 0.3) is 0 Å². The van der Waals surface area contributed by atoms with Crippen LogP contribution in [-0.4, -0.2) is 29.3 Å². The molecule has 3 aromatic carbocycles. The van der Waals surface area contributed by atoms with Gasteiger partial charge in [-0.1, -0.05) is 0 Å². The van der Waals surface area contributed by atoms with Gasteiger partial charge in [-0.15, -0.1) is 0 Å². The van der Waals surface area contributed by atoms with Crippen LogP contribution in [0.15, 0.2) is 65.6 Å². The summed E-state index contributed by atoms with van der Waals surface area (Å²) < 4.78 is 0.969. The van der Waals surface area contributed by atoms with Crippen molar-refractivity contribution in [3.05, 3.63) is 111 Å². The quantitative estimate of drug-likeness (QED) is 0.126. The van der Waals surface area contributed by atoms with Crippen LogP contribution in [0.1, 0.15) is 20.8 Å². The number of hydrogen-bond acceptors (Lipinski definition) is 6. The second-order valence-electron chi connectivity index (χ2n) is 7.29. The third kappa shape index (κ3) is 3.52. The summed E-state index contributed by atoms with van der Waals surface area (Å²) in [7, 11) is 0. The number of fused-ring (bicyclic) bond motifs is 3. The van der Waals surface area contributed by atoms with Crippen molar-refractivity contribution in [1.82, 2.24) is 0 Å². The van der Waals surface area contributed by atoms with Gasteiger partial charge in [-0.25, -0.2) is 0 Å². The fraction of sp³-hybridized carbons (Fsp3) is 0.0455. The first-order valence-corrected chi connectivity index (χ1v) is 12.2. The van der Waals surface area contributed by atoms with Gasteiger partial charge in [0.2, 0.25) is 0 Å². The first-order valence-electron chi connectivity index (χ1n) is 9.57. The van der Waals surface area contributed by atoms with E-state index in [1.807, 2.05) is 30.3 Å². The monoisotopic (exact) mass is 526 g/mol. The molecule has 0 bridgehead atoms. The molecule has 0 N–H and O–H groups in total. The Bertz CT molecular complexity index is 1470. The van der Waals surface area contributed by atoms with Crippen molar-refractivity contribution in [2.45, 2.75) is 5.92 Å². The maximum absolute atomic E-state index is 11.8. The molecule has 1 heterocycles. The molecule has 9 nitrogen and oxygen atoms in total. The van der Waals surface area contributed by atoms with Gasteiger partial charge < -0.3 is 0 Å². The molecule has 0 saturated carbocycles. The summed E-state index contributed by atoms with van der Waals surface area (Å²) in [6, 6.07) is 16.3. The van der Waals surface area contributed by atoms with E-state index >= 15 is 0 Å². The molecule has 0 spiro atoms. The third-order valence-electron chi connectivity index (χ3n) is 5.46. The Hall–Kier alpha value is -3.79. The Labute approximate surface area is 195 Å². The molecule has 1 atom stereocenters. The van der Waals surface area contributed by atoms with Crippen LogP contribution >= 0.6 is 11.3 Å². The topological polar surface area (TPSA) is 129 Å².